The lowest BCUT2D eigenvalue weighted by Gasteiger charge is -2.18. The lowest BCUT2D eigenvalue weighted by molar-refractivity contribution is 0.224. The Labute approximate surface area is 180 Å². The largest absolute Gasteiger partial charge is 0.477 e. The van der Waals surface area contributed by atoms with Gasteiger partial charge in [0.1, 0.15) is 4.90 Å². The number of aryl methyl sites for hydroxylation is 1. The third-order valence-corrected chi connectivity index (χ3v) is 6.34. The Kier molecular flexibility index (Phi) is 5.75. The van der Waals surface area contributed by atoms with Crippen molar-refractivity contribution in [2.24, 2.45) is 9.50 Å². The Morgan fingerprint density at radius 2 is 2.06 bits per heavy atom. The molecule has 2 aromatic heterocycles. The van der Waals surface area contributed by atoms with E-state index in [1.807, 2.05) is 44.2 Å². The molecule has 10 heteroatoms. The summed E-state index contributed by atoms with van der Waals surface area (Å²) in [5.41, 5.74) is 3.22. The van der Waals surface area contributed by atoms with Crippen molar-refractivity contribution in [2.75, 3.05) is 11.9 Å². The molecule has 162 valence electrons. The second kappa shape index (κ2) is 8.48. The molecule has 1 aliphatic heterocycles. The molecule has 1 aliphatic rings. The number of anilines is 1. The van der Waals surface area contributed by atoms with Gasteiger partial charge in [-0.05, 0) is 29.2 Å². The van der Waals surface area contributed by atoms with Crippen molar-refractivity contribution in [3.8, 4) is 17.0 Å². The van der Waals surface area contributed by atoms with E-state index in [4.69, 9.17) is 9.88 Å². The van der Waals surface area contributed by atoms with E-state index in [9.17, 15) is 9.00 Å². The zero-order valence-corrected chi connectivity index (χ0v) is 18.1. The number of ether oxygens (including phenoxy) is 1. The Hall–Kier alpha value is -3.24. The van der Waals surface area contributed by atoms with E-state index < -0.39 is 15.9 Å². The lowest BCUT2D eigenvalue weighted by atomic mass is 9.94. The number of hydrogen-bond acceptors (Lipinski definition) is 5. The van der Waals surface area contributed by atoms with Gasteiger partial charge in [-0.25, -0.2) is 18.8 Å². The number of nitrogens with one attached hydrogen (secondary N) is 1. The molecule has 0 aliphatic carbocycles. The summed E-state index contributed by atoms with van der Waals surface area (Å²) < 4.78 is 24.0. The molecule has 0 spiro atoms. The number of carbonyl (C=O) groups is 1. The average molecular weight is 441 g/mol. The van der Waals surface area contributed by atoms with Gasteiger partial charge in [0.15, 0.2) is 9.92 Å². The molecule has 0 bridgehead atoms. The van der Waals surface area contributed by atoms with Crippen LogP contribution in [0.15, 0.2) is 58.2 Å². The molecule has 3 N–H and O–H groups in total. The van der Waals surface area contributed by atoms with Crippen LogP contribution >= 0.6 is 0 Å². The molecule has 0 fully saturated rings. The number of hydrogen-bond donors (Lipinski definition) is 2. The SMILES string of the molecule is CC(C)c1cccc(-c2ccncc2)c1NC(=O)N=[S@](N)(=O)c1cnn2c1OCCC2. The summed E-state index contributed by atoms with van der Waals surface area (Å²) in [7, 11) is -3.54. The number of benzene rings is 1. The summed E-state index contributed by atoms with van der Waals surface area (Å²) in [5.74, 6) is 0.436. The first-order valence-corrected chi connectivity index (χ1v) is 11.5. The zero-order valence-electron chi connectivity index (χ0n) is 17.3. The molecule has 4 rings (SSSR count). The van der Waals surface area contributed by atoms with Crippen LogP contribution in [0.2, 0.25) is 0 Å². The summed E-state index contributed by atoms with van der Waals surface area (Å²) in [6, 6.07) is 8.68. The van der Waals surface area contributed by atoms with E-state index >= 15 is 0 Å². The number of pyridine rings is 1. The highest BCUT2D eigenvalue weighted by Crippen LogP contribution is 2.35. The van der Waals surface area contributed by atoms with E-state index in [0.717, 1.165) is 23.1 Å². The van der Waals surface area contributed by atoms with E-state index in [1.54, 1.807) is 17.1 Å². The van der Waals surface area contributed by atoms with Crippen molar-refractivity contribution in [2.45, 2.75) is 37.6 Å². The topological polar surface area (TPSA) is 124 Å². The molecule has 2 amide bonds. The number of fused-ring (bicyclic) bond motifs is 1. The second-order valence-corrected chi connectivity index (χ2v) is 9.25. The van der Waals surface area contributed by atoms with Gasteiger partial charge < -0.3 is 10.1 Å². The molecule has 1 aromatic carbocycles. The van der Waals surface area contributed by atoms with Crippen LogP contribution in [0.1, 0.15) is 31.7 Å². The first kappa shape index (κ1) is 21.0. The fraction of sp³-hybridized carbons (Fsp3) is 0.286. The third-order valence-electron chi connectivity index (χ3n) is 4.99. The van der Waals surface area contributed by atoms with Crippen LogP contribution in [-0.4, -0.2) is 31.6 Å². The second-order valence-electron chi connectivity index (χ2n) is 7.49. The minimum atomic E-state index is -3.54. The van der Waals surface area contributed by atoms with Gasteiger partial charge >= 0.3 is 6.03 Å². The smallest absolute Gasteiger partial charge is 0.354 e. The molecule has 0 unspecified atom stereocenters. The minimum Gasteiger partial charge on any atom is -0.477 e. The van der Waals surface area contributed by atoms with Crippen molar-refractivity contribution in [3.05, 3.63) is 54.5 Å². The molecule has 31 heavy (non-hydrogen) atoms. The molecule has 3 aromatic rings. The summed E-state index contributed by atoms with van der Waals surface area (Å²) in [6.07, 6.45) is 5.51. The van der Waals surface area contributed by atoms with E-state index in [-0.39, 0.29) is 10.8 Å². The van der Waals surface area contributed by atoms with Crippen molar-refractivity contribution in [3.63, 3.8) is 0 Å². The maximum atomic E-state index is 13.1. The van der Waals surface area contributed by atoms with Crippen molar-refractivity contribution >= 4 is 21.6 Å². The fourth-order valence-corrected chi connectivity index (χ4v) is 4.51. The van der Waals surface area contributed by atoms with Gasteiger partial charge in [0.2, 0.25) is 5.88 Å². The third kappa shape index (κ3) is 4.30. The Morgan fingerprint density at radius 1 is 1.29 bits per heavy atom. The van der Waals surface area contributed by atoms with Crippen LogP contribution in [-0.2, 0) is 16.5 Å². The van der Waals surface area contributed by atoms with Crippen LogP contribution in [0, 0.1) is 0 Å². The van der Waals surface area contributed by atoms with Crippen LogP contribution in [0.25, 0.3) is 11.1 Å². The summed E-state index contributed by atoms with van der Waals surface area (Å²) >= 11 is 0. The van der Waals surface area contributed by atoms with Gasteiger partial charge in [0.25, 0.3) is 0 Å². The van der Waals surface area contributed by atoms with Crippen LogP contribution in [0.5, 0.6) is 5.88 Å². The lowest BCUT2D eigenvalue weighted by Crippen LogP contribution is -2.21. The van der Waals surface area contributed by atoms with Crippen LogP contribution in [0.3, 0.4) is 0 Å². The zero-order chi connectivity index (χ0) is 22.0. The van der Waals surface area contributed by atoms with E-state index in [1.165, 1.54) is 6.20 Å². The highest BCUT2D eigenvalue weighted by Gasteiger charge is 2.24. The van der Waals surface area contributed by atoms with Crippen LogP contribution in [0.4, 0.5) is 10.5 Å². The van der Waals surface area contributed by atoms with Gasteiger partial charge in [-0.2, -0.15) is 5.10 Å². The molecule has 0 radical (unpaired) electrons. The van der Waals surface area contributed by atoms with Gasteiger partial charge in [-0.3, -0.25) is 4.98 Å². The predicted octanol–water partition coefficient (Wildman–Crippen LogP) is 3.78. The number of aromatic nitrogens is 3. The molecule has 0 saturated heterocycles. The van der Waals surface area contributed by atoms with E-state index in [0.29, 0.717) is 24.7 Å². The molecule has 1 atom stereocenters. The number of para-hydroxylation sites is 1. The number of amides is 2. The number of nitrogens with zero attached hydrogens (tertiary/aromatic N) is 4. The number of urea groups is 1. The minimum absolute atomic E-state index is 0.119. The molecular formula is C21H24N6O3S. The van der Waals surface area contributed by atoms with Crippen molar-refractivity contribution < 1.29 is 13.7 Å². The Bertz CT molecular complexity index is 1230. The average Bonchev–Trinajstić information content (AvgIpc) is 3.19. The summed E-state index contributed by atoms with van der Waals surface area (Å²) in [6.45, 7) is 5.16. The normalized spacial score (nSPS) is 15.0. The Morgan fingerprint density at radius 3 is 2.81 bits per heavy atom. The highest BCUT2D eigenvalue weighted by molar-refractivity contribution is 7.91. The quantitative estimate of drug-likeness (QED) is 0.639. The van der Waals surface area contributed by atoms with Crippen molar-refractivity contribution in [1.82, 2.24) is 14.8 Å². The van der Waals surface area contributed by atoms with Gasteiger partial charge in [0.05, 0.1) is 18.5 Å². The van der Waals surface area contributed by atoms with Crippen molar-refractivity contribution in [1.29, 1.82) is 0 Å². The number of nitrogens with two attached hydrogens (primary N) is 1. The van der Waals surface area contributed by atoms with Gasteiger partial charge in [0, 0.05) is 30.9 Å². The predicted molar refractivity (Wildman–Crippen MR) is 118 cm³/mol. The highest BCUT2D eigenvalue weighted by atomic mass is 32.2. The molecule has 3 heterocycles. The fourth-order valence-electron chi connectivity index (χ4n) is 3.51. The number of carbonyl (C=O) groups excluding carboxylic acids is 1. The standard InChI is InChI=1S/C21H24N6O3S/c1-14(2)16-5-3-6-17(15-7-9-23-10-8-15)19(16)25-21(28)26-31(22,29)18-13-24-27-11-4-12-30-20(18)27/h3,5-10,13-14H,4,11-12H2,1-2H3,(H3,22,25,26,28,29)/t31-/m0/s1. The Balaban J connectivity index is 1.72. The molecule has 9 nitrogen and oxygen atoms in total. The monoisotopic (exact) mass is 440 g/mol. The summed E-state index contributed by atoms with van der Waals surface area (Å²) in [4.78, 5) is 17.0. The summed E-state index contributed by atoms with van der Waals surface area (Å²) in [5, 5.41) is 12.9. The molecular weight excluding hydrogens is 416 g/mol. The number of rotatable bonds is 4. The maximum Gasteiger partial charge on any atom is 0.354 e. The molecule has 0 saturated carbocycles. The van der Waals surface area contributed by atoms with E-state index in [2.05, 4.69) is 19.8 Å². The van der Waals surface area contributed by atoms with Crippen LogP contribution < -0.4 is 15.2 Å². The first-order chi connectivity index (χ1) is 14.9. The van der Waals surface area contributed by atoms with Gasteiger partial charge in [-0.15, -0.1) is 4.36 Å². The first-order valence-electron chi connectivity index (χ1n) is 9.94. The maximum absolute atomic E-state index is 13.1. The van der Waals surface area contributed by atoms with Gasteiger partial charge in [-0.1, -0.05) is 32.0 Å².